The molecule has 1 aliphatic heterocycles. The monoisotopic (exact) mass is 465 g/mol. The number of anilines is 1. The van der Waals surface area contributed by atoms with E-state index < -0.39 is 0 Å². The highest BCUT2D eigenvalue weighted by Gasteiger charge is 2.66. The van der Waals surface area contributed by atoms with Crippen LogP contribution in [0.5, 0.6) is 0 Å². The number of imide groups is 1. The number of hydrogen-bond donors (Lipinski definition) is 0. The lowest BCUT2D eigenvalue weighted by Crippen LogP contribution is -2.37. The number of hydrogen-bond acceptors (Lipinski definition) is 2. The van der Waals surface area contributed by atoms with Crippen molar-refractivity contribution < 1.29 is 9.59 Å². The lowest BCUT2D eigenvalue weighted by Gasteiger charge is -2.28. The average molecular weight is 468 g/mol. The summed E-state index contributed by atoms with van der Waals surface area (Å²) in [6.45, 7) is 0. The molecule has 0 radical (unpaired) electrons. The van der Waals surface area contributed by atoms with Gasteiger partial charge in [-0.2, -0.15) is 0 Å². The number of nitrogens with zero attached hydrogens (tertiary/aromatic N) is 1. The highest BCUT2D eigenvalue weighted by Crippen LogP contribution is 2.60. The fourth-order valence-electron chi connectivity index (χ4n) is 4.27. The normalized spacial score (nSPS) is 39.7. The summed E-state index contributed by atoms with van der Waals surface area (Å²) in [6, 6.07) is 4.82. The Kier molecular flexibility index (Phi) is 3.65. The van der Waals surface area contributed by atoms with Crippen molar-refractivity contribution in [3.8, 4) is 0 Å². The van der Waals surface area contributed by atoms with Gasteiger partial charge < -0.3 is 0 Å². The van der Waals surface area contributed by atoms with Crippen LogP contribution < -0.4 is 4.90 Å². The zero-order valence-electron chi connectivity index (χ0n) is 11.2. The third-order valence-corrected chi connectivity index (χ3v) is 8.74. The van der Waals surface area contributed by atoms with Gasteiger partial charge in [-0.3, -0.25) is 9.59 Å². The van der Waals surface area contributed by atoms with Gasteiger partial charge in [0.2, 0.25) is 11.8 Å². The van der Waals surface area contributed by atoms with E-state index in [-0.39, 0.29) is 45.1 Å². The van der Waals surface area contributed by atoms with Gasteiger partial charge in [0, 0.05) is 19.7 Å². The van der Waals surface area contributed by atoms with E-state index in [4.69, 9.17) is 23.2 Å². The van der Waals surface area contributed by atoms with Crippen LogP contribution in [0, 0.1) is 23.7 Å². The van der Waals surface area contributed by atoms with Gasteiger partial charge in [0.15, 0.2) is 0 Å². The van der Waals surface area contributed by atoms with E-state index in [1.807, 2.05) is 0 Å². The Hall–Kier alpha value is -0.100. The predicted molar refractivity (Wildman–Crippen MR) is 93.0 cm³/mol. The third kappa shape index (κ3) is 1.98. The molecule has 2 bridgehead atoms. The van der Waals surface area contributed by atoms with Crippen molar-refractivity contribution in [2.75, 3.05) is 4.90 Å². The van der Waals surface area contributed by atoms with Crippen molar-refractivity contribution in [1.29, 1.82) is 0 Å². The van der Waals surface area contributed by atoms with Crippen LogP contribution in [-0.4, -0.2) is 21.5 Å². The molecule has 2 amide bonds. The Morgan fingerprint density at radius 1 is 0.909 bits per heavy atom. The minimum absolute atomic E-state index is 0.121. The molecule has 22 heavy (non-hydrogen) atoms. The van der Waals surface area contributed by atoms with Gasteiger partial charge in [0.1, 0.15) is 0 Å². The van der Waals surface area contributed by atoms with Crippen molar-refractivity contribution in [3.05, 3.63) is 28.2 Å². The number of rotatable bonds is 1. The summed E-state index contributed by atoms with van der Waals surface area (Å²) in [6.07, 6.45) is 0.919. The minimum Gasteiger partial charge on any atom is -0.274 e. The summed E-state index contributed by atoms with van der Waals surface area (Å²) in [7, 11) is 0. The van der Waals surface area contributed by atoms with Crippen LogP contribution in [0.1, 0.15) is 6.42 Å². The van der Waals surface area contributed by atoms with Gasteiger partial charge in [-0.15, -0.1) is 0 Å². The molecule has 3 aliphatic rings. The Morgan fingerprint density at radius 2 is 1.36 bits per heavy atom. The van der Waals surface area contributed by atoms with Gasteiger partial charge >= 0.3 is 0 Å². The molecule has 4 rings (SSSR count). The second-order valence-corrected chi connectivity index (χ2v) is 9.13. The van der Waals surface area contributed by atoms with E-state index in [9.17, 15) is 9.59 Å². The summed E-state index contributed by atoms with van der Waals surface area (Å²) >= 11 is 19.4. The standard InChI is InChI=1S/C15H11Br2Cl2NO2/c16-12-8-4-9(13(12)17)11-10(8)14(21)20(15(11)22)7-2-5(18)1-6(19)3-7/h1-3,8-13H,4H2/t8-,9-,10-,11+,12-,13-/m1/s1. The third-order valence-electron chi connectivity index (χ3n) is 5.09. The molecule has 116 valence electrons. The topological polar surface area (TPSA) is 37.4 Å². The number of fused-ring (bicyclic) bond motifs is 5. The minimum atomic E-state index is -0.228. The summed E-state index contributed by atoms with van der Waals surface area (Å²) in [5, 5.41) is 0.833. The molecule has 0 unspecified atom stereocenters. The molecule has 3 nitrogen and oxygen atoms in total. The number of halogens is 4. The smallest absolute Gasteiger partial charge is 0.238 e. The van der Waals surface area contributed by atoms with Crippen LogP contribution >= 0.6 is 55.1 Å². The molecule has 0 aromatic heterocycles. The van der Waals surface area contributed by atoms with Gasteiger partial charge in [0.05, 0.1) is 17.5 Å². The zero-order valence-corrected chi connectivity index (χ0v) is 15.9. The number of alkyl halides is 2. The van der Waals surface area contributed by atoms with Crippen molar-refractivity contribution in [2.24, 2.45) is 23.7 Å². The van der Waals surface area contributed by atoms with Crippen molar-refractivity contribution in [1.82, 2.24) is 0 Å². The van der Waals surface area contributed by atoms with Crippen molar-refractivity contribution >= 4 is 72.6 Å². The van der Waals surface area contributed by atoms with E-state index in [0.717, 1.165) is 6.42 Å². The molecule has 2 saturated carbocycles. The Bertz CT molecular complexity index is 646. The highest BCUT2D eigenvalue weighted by molar-refractivity contribution is 9.12. The summed E-state index contributed by atoms with van der Waals surface area (Å²) in [5.41, 5.74) is 0.471. The lowest BCUT2D eigenvalue weighted by atomic mass is 9.81. The van der Waals surface area contributed by atoms with Gasteiger partial charge in [-0.1, -0.05) is 55.1 Å². The number of carbonyl (C=O) groups is 2. The maximum absolute atomic E-state index is 12.8. The largest absolute Gasteiger partial charge is 0.274 e. The van der Waals surface area contributed by atoms with Crippen LogP contribution in [0.3, 0.4) is 0 Å². The van der Waals surface area contributed by atoms with E-state index in [2.05, 4.69) is 31.9 Å². The Balaban J connectivity index is 1.76. The number of amides is 2. The molecule has 6 atom stereocenters. The van der Waals surface area contributed by atoms with Gasteiger partial charge in [-0.05, 0) is 36.5 Å². The molecular formula is C15H11Br2Cl2NO2. The lowest BCUT2D eigenvalue weighted by molar-refractivity contribution is -0.123. The predicted octanol–water partition coefficient (Wildman–Crippen LogP) is 4.28. The molecule has 1 heterocycles. The SMILES string of the molecule is O=C1[C@@H]2[C@H]3C[C@@H]([C@@H](Br)[C@@H]3Br)[C@@H]2C(=O)N1c1cc(Cl)cc(Cl)c1. The first-order valence-corrected chi connectivity index (χ1v) is 9.61. The molecule has 7 heteroatoms. The fraction of sp³-hybridized carbons (Fsp3) is 0.467. The molecule has 2 aliphatic carbocycles. The number of benzene rings is 1. The highest BCUT2D eigenvalue weighted by atomic mass is 79.9. The fourth-order valence-corrected chi connectivity index (χ4v) is 6.66. The summed E-state index contributed by atoms with van der Waals surface area (Å²) in [4.78, 5) is 27.4. The first kappa shape index (κ1) is 15.4. The van der Waals surface area contributed by atoms with Crippen LogP contribution in [-0.2, 0) is 9.59 Å². The Morgan fingerprint density at radius 3 is 1.82 bits per heavy atom. The molecule has 3 fully saturated rings. The van der Waals surface area contributed by atoms with E-state index in [1.165, 1.54) is 4.90 Å². The molecular weight excluding hydrogens is 457 g/mol. The van der Waals surface area contributed by atoms with E-state index >= 15 is 0 Å². The molecule has 0 N–H and O–H groups in total. The van der Waals surface area contributed by atoms with Crippen LogP contribution in [0.4, 0.5) is 5.69 Å². The molecule has 1 aromatic carbocycles. The van der Waals surface area contributed by atoms with Gasteiger partial charge in [-0.25, -0.2) is 4.90 Å². The van der Waals surface area contributed by atoms with Crippen molar-refractivity contribution in [2.45, 2.75) is 16.1 Å². The first-order chi connectivity index (χ1) is 10.4. The van der Waals surface area contributed by atoms with E-state index in [1.54, 1.807) is 18.2 Å². The molecule has 1 aromatic rings. The quantitative estimate of drug-likeness (QED) is 0.457. The molecule has 0 spiro atoms. The van der Waals surface area contributed by atoms with Crippen molar-refractivity contribution in [3.63, 3.8) is 0 Å². The van der Waals surface area contributed by atoms with E-state index in [0.29, 0.717) is 15.7 Å². The average Bonchev–Trinajstić information content (AvgIpc) is 3.03. The second-order valence-electron chi connectivity index (χ2n) is 6.14. The zero-order chi connectivity index (χ0) is 15.8. The summed E-state index contributed by atoms with van der Waals surface area (Å²) in [5.74, 6) is -0.290. The van der Waals surface area contributed by atoms with Crippen LogP contribution in [0.25, 0.3) is 0 Å². The second kappa shape index (κ2) is 5.20. The Labute approximate surface area is 154 Å². The van der Waals surface area contributed by atoms with Crippen LogP contribution in [0.15, 0.2) is 18.2 Å². The maximum Gasteiger partial charge on any atom is 0.238 e. The van der Waals surface area contributed by atoms with Crippen LogP contribution in [0.2, 0.25) is 10.0 Å². The number of carbonyl (C=O) groups excluding carboxylic acids is 2. The molecule has 1 saturated heterocycles. The first-order valence-electron chi connectivity index (χ1n) is 7.02. The maximum atomic E-state index is 12.8. The summed E-state index contributed by atoms with van der Waals surface area (Å²) < 4.78 is 0. The van der Waals surface area contributed by atoms with Gasteiger partial charge in [0.25, 0.3) is 0 Å².